The van der Waals surface area contributed by atoms with Gasteiger partial charge in [0.2, 0.25) is 0 Å². The molecular weight excluding hydrogens is 332 g/mol. The lowest BCUT2D eigenvalue weighted by Crippen LogP contribution is -2.26. The second-order valence-corrected chi connectivity index (χ2v) is 6.26. The number of carbonyl (C=O) groups is 1. The van der Waals surface area contributed by atoms with Crippen LogP contribution < -0.4 is 10.1 Å². The van der Waals surface area contributed by atoms with Gasteiger partial charge in [-0.1, -0.05) is 11.2 Å². The average Bonchev–Trinajstić information content (AvgIpc) is 3.19. The Morgan fingerprint density at radius 2 is 2.04 bits per heavy atom. The minimum absolute atomic E-state index is 0.186. The highest BCUT2D eigenvalue weighted by molar-refractivity contribution is 5.94. The molecule has 1 amide bonds. The first-order valence-electron chi connectivity index (χ1n) is 8.46. The van der Waals surface area contributed by atoms with Gasteiger partial charge in [-0.15, -0.1) is 0 Å². The molecule has 0 radical (unpaired) electrons. The van der Waals surface area contributed by atoms with E-state index in [0.29, 0.717) is 17.9 Å². The van der Waals surface area contributed by atoms with Crippen molar-refractivity contribution >= 4 is 5.91 Å². The molecule has 0 aliphatic carbocycles. The van der Waals surface area contributed by atoms with E-state index in [4.69, 9.17) is 13.7 Å². The fourth-order valence-electron chi connectivity index (χ4n) is 2.63. The van der Waals surface area contributed by atoms with Crippen LogP contribution in [0.3, 0.4) is 0 Å². The Morgan fingerprint density at radius 3 is 2.69 bits per heavy atom. The van der Waals surface area contributed by atoms with Crippen LogP contribution in [0.2, 0.25) is 0 Å². The normalized spacial score (nSPS) is 12.0. The van der Waals surface area contributed by atoms with Gasteiger partial charge in [0, 0.05) is 5.56 Å². The van der Waals surface area contributed by atoms with Crippen LogP contribution in [0.4, 0.5) is 0 Å². The molecule has 2 heterocycles. The number of hydrogen-bond donors (Lipinski definition) is 1. The summed E-state index contributed by atoms with van der Waals surface area (Å²) in [5.41, 5.74) is 2.25. The Labute approximate surface area is 152 Å². The predicted molar refractivity (Wildman–Crippen MR) is 96.1 cm³/mol. The van der Waals surface area contributed by atoms with Crippen LogP contribution in [0.5, 0.6) is 5.75 Å². The minimum Gasteiger partial charge on any atom is -0.489 e. The van der Waals surface area contributed by atoms with Crippen molar-refractivity contribution < 1.29 is 18.5 Å². The Morgan fingerprint density at radius 1 is 1.23 bits per heavy atom. The van der Waals surface area contributed by atoms with E-state index in [1.807, 2.05) is 45.9 Å². The molecule has 2 aromatic heterocycles. The summed E-state index contributed by atoms with van der Waals surface area (Å²) in [6, 6.07) is 10.6. The summed E-state index contributed by atoms with van der Waals surface area (Å²) in [6.45, 7) is 7.82. The van der Waals surface area contributed by atoms with Crippen molar-refractivity contribution in [2.75, 3.05) is 0 Å². The Hall–Kier alpha value is -3.02. The van der Waals surface area contributed by atoms with Crippen molar-refractivity contribution in [2.24, 2.45) is 0 Å². The number of rotatable bonds is 6. The number of hydrogen-bond acceptors (Lipinski definition) is 5. The third-order valence-electron chi connectivity index (χ3n) is 4.20. The number of nitrogens with zero attached hydrogens (tertiary/aromatic N) is 1. The first-order valence-corrected chi connectivity index (χ1v) is 8.46. The van der Waals surface area contributed by atoms with Gasteiger partial charge in [-0.3, -0.25) is 4.79 Å². The fourth-order valence-corrected chi connectivity index (χ4v) is 2.63. The van der Waals surface area contributed by atoms with Crippen LogP contribution in [0.15, 0.2) is 45.3 Å². The Bertz CT molecular complexity index is 891. The number of amides is 1. The van der Waals surface area contributed by atoms with Gasteiger partial charge in [-0.05, 0) is 58.0 Å². The molecule has 0 saturated carbocycles. The zero-order valence-corrected chi connectivity index (χ0v) is 15.3. The number of ether oxygens (including phenoxy) is 1. The van der Waals surface area contributed by atoms with Crippen molar-refractivity contribution in [1.82, 2.24) is 10.5 Å². The molecule has 0 fully saturated rings. The molecule has 1 aromatic carbocycles. The van der Waals surface area contributed by atoms with Crippen LogP contribution in [-0.4, -0.2) is 11.1 Å². The summed E-state index contributed by atoms with van der Waals surface area (Å²) in [5, 5.41) is 6.84. The zero-order valence-electron chi connectivity index (χ0n) is 15.3. The summed E-state index contributed by atoms with van der Waals surface area (Å²) in [6.07, 6.45) is 0. The van der Waals surface area contributed by atoms with Crippen LogP contribution in [0.25, 0.3) is 0 Å². The molecule has 3 rings (SSSR count). The average molecular weight is 354 g/mol. The first-order chi connectivity index (χ1) is 12.4. The fraction of sp³-hybridized carbons (Fsp3) is 0.300. The summed E-state index contributed by atoms with van der Waals surface area (Å²) >= 11 is 0. The third kappa shape index (κ3) is 3.96. The molecule has 0 saturated heterocycles. The molecule has 136 valence electrons. The monoisotopic (exact) mass is 354 g/mol. The quantitative estimate of drug-likeness (QED) is 0.715. The van der Waals surface area contributed by atoms with Gasteiger partial charge >= 0.3 is 0 Å². The molecule has 1 unspecified atom stereocenters. The van der Waals surface area contributed by atoms with Gasteiger partial charge in [-0.2, -0.15) is 0 Å². The Kier molecular flexibility index (Phi) is 5.11. The van der Waals surface area contributed by atoms with Crippen LogP contribution in [0, 0.1) is 20.8 Å². The van der Waals surface area contributed by atoms with Gasteiger partial charge < -0.3 is 19.0 Å². The molecule has 6 nitrogen and oxygen atoms in total. The van der Waals surface area contributed by atoms with Crippen molar-refractivity contribution in [3.05, 3.63) is 70.5 Å². The van der Waals surface area contributed by atoms with Crippen molar-refractivity contribution in [3.8, 4) is 5.75 Å². The highest BCUT2D eigenvalue weighted by Gasteiger charge is 2.15. The second-order valence-electron chi connectivity index (χ2n) is 6.26. The second kappa shape index (κ2) is 7.47. The molecule has 6 heteroatoms. The van der Waals surface area contributed by atoms with Gasteiger partial charge in [0.05, 0.1) is 17.3 Å². The molecule has 0 aliphatic heterocycles. The first kappa shape index (κ1) is 17.8. The van der Waals surface area contributed by atoms with E-state index in [2.05, 4.69) is 10.5 Å². The third-order valence-corrected chi connectivity index (χ3v) is 4.20. The minimum atomic E-state index is -0.219. The van der Waals surface area contributed by atoms with Crippen molar-refractivity contribution in [2.45, 2.75) is 40.3 Å². The molecule has 0 bridgehead atoms. The van der Waals surface area contributed by atoms with Gasteiger partial charge in [0.25, 0.3) is 5.91 Å². The number of carbonyl (C=O) groups excluding carboxylic acids is 1. The van der Waals surface area contributed by atoms with E-state index in [1.54, 1.807) is 18.2 Å². The molecular formula is C20H22N2O4. The van der Waals surface area contributed by atoms with E-state index >= 15 is 0 Å². The maximum absolute atomic E-state index is 12.5. The largest absolute Gasteiger partial charge is 0.489 e. The Balaban J connectivity index is 1.65. The van der Waals surface area contributed by atoms with Gasteiger partial charge in [0.15, 0.2) is 0 Å². The van der Waals surface area contributed by atoms with E-state index in [9.17, 15) is 4.79 Å². The molecule has 0 aliphatic rings. The predicted octanol–water partition coefficient (Wildman–Crippen LogP) is 4.26. The lowest BCUT2D eigenvalue weighted by Gasteiger charge is -2.12. The maximum Gasteiger partial charge on any atom is 0.251 e. The smallest absolute Gasteiger partial charge is 0.251 e. The summed E-state index contributed by atoms with van der Waals surface area (Å²) in [4.78, 5) is 12.5. The van der Waals surface area contributed by atoms with Crippen LogP contribution in [0.1, 0.15) is 51.9 Å². The molecule has 1 N–H and O–H groups in total. The van der Waals surface area contributed by atoms with Gasteiger partial charge in [0.1, 0.15) is 29.6 Å². The molecule has 1 atom stereocenters. The van der Waals surface area contributed by atoms with Crippen molar-refractivity contribution in [1.29, 1.82) is 0 Å². The van der Waals surface area contributed by atoms with E-state index in [0.717, 1.165) is 28.5 Å². The molecule has 3 aromatic rings. The number of furan rings is 1. The van der Waals surface area contributed by atoms with E-state index in [-0.39, 0.29) is 11.9 Å². The number of benzene rings is 1. The zero-order chi connectivity index (χ0) is 18.7. The summed E-state index contributed by atoms with van der Waals surface area (Å²) < 4.78 is 16.5. The lowest BCUT2D eigenvalue weighted by molar-refractivity contribution is 0.0934. The maximum atomic E-state index is 12.5. The SMILES string of the molecule is Cc1ccc(C(C)NC(=O)c2cccc(OCc3c(C)noc3C)c2)o1. The highest BCUT2D eigenvalue weighted by Crippen LogP contribution is 2.20. The van der Waals surface area contributed by atoms with E-state index in [1.165, 1.54) is 0 Å². The topological polar surface area (TPSA) is 77.5 Å². The number of aryl methyl sites for hydroxylation is 3. The standard InChI is InChI=1S/C20H22N2O4/c1-12-8-9-19(25-12)14(3)21-20(23)16-6-5-7-17(10-16)24-11-18-13(2)22-26-15(18)4/h5-10,14H,11H2,1-4H3,(H,21,23). The van der Waals surface area contributed by atoms with Crippen LogP contribution in [-0.2, 0) is 6.61 Å². The highest BCUT2D eigenvalue weighted by atomic mass is 16.5. The van der Waals surface area contributed by atoms with E-state index < -0.39 is 0 Å². The van der Waals surface area contributed by atoms with Crippen LogP contribution >= 0.6 is 0 Å². The number of aromatic nitrogens is 1. The van der Waals surface area contributed by atoms with Crippen molar-refractivity contribution in [3.63, 3.8) is 0 Å². The summed E-state index contributed by atoms with van der Waals surface area (Å²) in [5.74, 6) is 2.70. The number of nitrogens with one attached hydrogen (secondary N) is 1. The summed E-state index contributed by atoms with van der Waals surface area (Å²) in [7, 11) is 0. The lowest BCUT2D eigenvalue weighted by atomic mass is 10.1. The molecule has 26 heavy (non-hydrogen) atoms. The van der Waals surface area contributed by atoms with Gasteiger partial charge in [-0.25, -0.2) is 0 Å². The molecule has 0 spiro atoms.